The van der Waals surface area contributed by atoms with Gasteiger partial charge in [0.2, 0.25) is 5.91 Å². The van der Waals surface area contributed by atoms with Gasteiger partial charge in [-0.15, -0.1) is 0 Å². The molecule has 152 valence electrons. The molecule has 2 atom stereocenters. The van der Waals surface area contributed by atoms with Crippen LogP contribution < -0.4 is 4.74 Å². The lowest BCUT2D eigenvalue weighted by Crippen LogP contribution is -2.30. The third kappa shape index (κ3) is 5.22. The summed E-state index contributed by atoms with van der Waals surface area (Å²) in [6, 6.07) is 16.4. The van der Waals surface area contributed by atoms with Gasteiger partial charge in [0.15, 0.2) is 5.78 Å². The Hall–Kier alpha value is -3.15. The fourth-order valence-electron chi connectivity index (χ4n) is 3.65. The summed E-state index contributed by atoms with van der Waals surface area (Å²) in [4.78, 5) is 37.1. The van der Waals surface area contributed by atoms with Crippen LogP contribution in [0.5, 0.6) is 5.75 Å². The van der Waals surface area contributed by atoms with Crippen molar-refractivity contribution in [3.8, 4) is 5.75 Å². The zero-order valence-electron chi connectivity index (χ0n) is 16.4. The lowest BCUT2D eigenvalue weighted by molar-refractivity contribution is -0.141. The molecule has 0 radical (unpaired) electrons. The number of carboxylic acids is 1. The topological polar surface area (TPSA) is 83.9 Å². The molecule has 1 amide bonds. The number of carboxylic acid groups (broad SMARTS) is 1. The standard InChI is InChI=1S/C23H25NO5/c1-16(25)17-9-11-19(12-10-17)29-13-5-8-22(26)24-14-20(21(15-24)23(27)28)18-6-3-2-4-7-18/h2-4,6-7,9-12,20-21H,5,8,13-15H2,1H3,(H,27,28)/t20-,21-/m0/s1. The Morgan fingerprint density at radius 2 is 1.72 bits per heavy atom. The summed E-state index contributed by atoms with van der Waals surface area (Å²) < 4.78 is 5.63. The number of hydrogen-bond donors (Lipinski definition) is 1. The van der Waals surface area contributed by atoms with E-state index in [1.54, 1.807) is 29.2 Å². The third-order valence-electron chi connectivity index (χ3n) is 5.28. The molecule has 0 saturated carbocycles. The smallest absolute Gasteiger partial charge is 0.308 e. The first-order chi connectivity index (χ1) is 14.0. The number of Topliss-reactive ketones (excluding diaryl/α,β-unsaturated/α-hetero) is 1. The SMILES string of the molecule is CC(=O)c1ccc(OCCCC(=O)N2C[C@H](C(=O)O)[C@H](c3ccccc3)C2)cc1. The van der Waals surface area contributed by atoms with Gasteiger partial charge < -0.3 is 14.7 Å². The summed E-state index contributed by atoms with van der Waals surface area (Å²) in [6.07, 6.45) is 0.844. The van der Waals surface area contributed by atoms with Crippen molar-refractivity contribution < 1.29 is 24.2 Å². The Morgan fingerprint density at radius 1 is 1.03 bits per heavy atom. The molecule has 1 saturated heterocycles. The summed E-state index contributed by atoms with van der Waals surface area (Å²) in [7, 11) is 0. The number of hydrogen-bond acceptors (Lipinski definition) is 4. The molecule has 0 spiro atoms. The molecule has 3 rings (SSSR count). The van der Waals surface area contributed by atoms with E-state index in [1.807, 2.05) is 30.3 Å². The number of carbonyl (C=O) groups excluding carboxylic acids is 2. The van der Waals surface area contributed by atoms with Crippen molar-refractivity contribution in [3.05, 3.63) is 65.7 Å². The summed E-state index contributed by atoms with van der Waals surface area (Å²) >= 11 is 0. The Bertz CT molecular complexity index is 863. The molecule has 1 heterocycles. The van der Waals surface area contributed by atoms with Gasteiger partial charge >= 0.3 is 5.97 Å². The molecule has 1 aliphatic heterocycles. The predicted octanol–water partition coefficient (Wildman–Crippen LogP) is 3.38. The van der Waals surface area contributed by atoms with Crippen molar-refractivity contribution in [3.63, 3.8) is 0 Å². The van der Waals surface area contributed by atoms with Gasteiger partial charge in [0.1, 0.15) is 5.75 Å². The van der Waals surface area contributed by atoms with E-state index in [9.17, 15) is 19.5 Å². The lowest BCUT2D eigenvalue weighted by Gasteiger charge is -2.16. The van der Waals surface area contributed by atoms with Crippen molar-refractivity contribution in [1.82, 2.24) is 4.90 Å². The van der Waals surface area contributed by atoms with Crippen LogP contribution in [0.2, 0.25) is 0 Å². The Kier molecular flexibility index (Phi) is 6.65. The van der Waals surface area contributed by atoms with Crippen molar-refractivity contribution in [2.75, 3.05) is 19.7 Å². The summed E-state index contributed by atoms with van der Waals surface area (Å²) in [5.41, 5.74) is 1.58. The zero-order valence-corrected chi connectivity index (χ0v) is 16.4. The van der Waals surface area contributed by atoms with Crippen molar-refractivity contribution in [1.29, 1.82) is 0 Å². The second kappa shape index (κ2) is 9.37. The molecule has 0 unspecified atom stereocenters. The van der Waals surface area contributed by atoms with Gasteiger partial charge in [0.05, 0.1) is 12.5 Å². The van der Waals surface area contributed by atoms with Gasteiger partial charge in [0.25, 0.3) is 0 Å². The number of likely N-dealkylation sites (tertiary alicyclic amines) is 1. The summed E-state index contributed by atoms with van der Waals surface area (Å²) in [6.45, 7) is 2.55. The van der Waals surface area contributed by atoms with Crippen LogP contribution in [0.15, 0.2) is 54.6 Å². The van der Waals surface area contributed by atoms with Gasteiger partial charge in [0, 0.05) is 31.0 Å². The fraction of sp³-hybridized carbons (Fsp3) is 0.348. The van der Waals surface area contributed by atoms with E-state index in [4.69, 9.17) is 4.74 Å². The van der Waals surface area contributed by atoms with Crippen LogP contribution in [0.25, 0.3) is 0 Å². The number of nitrogens with zero attached hydrogens (tertiary/aromatic N) is 1. The molecule has 29 heavy (non-hydrogen) atoms. The largest absolute Gasteiger partial charge is 0.494 e. The van der Waals surface area contributed by atoms with Gasteiger partial charge in [-0.3, -0.25) is 14.4 Å². The quantitative estimate of drug-likeness (QED) is 0.547. The summed E-state index contributed by atoms with van der Waals surface area (Å²) in [5, 5.41) is 9.56. The molecule has 6 heteroatoms. The minimum absolute atomic E-state index is 0.00114. The first kappa shape index (κ1) is 20.6. The fourth-order valence-corrected chi connectivity index (χ4v) is 3.65. The van der Waals surface area contributed by atoms with Crippen LogP contribution in [0.1, 0.15) is 41.6 Å². The maximum absolute atomic E-state index is 12.6. The monoisotopic (exact) mass is 395 g/mol. The Labute approximate surface area is 170 Å². The number of carbonyl (C=O) groups is 3. The van der Waals surface area contributed by atoms with Crippen molar-refractivity contribution >= 4 is 17.7 Å². The number of amides is 1. The number of ether oxygens (including phenoxy) is 1. The van der Waals surface area contributed by atoms with Crippen LogP contribution in [0.3, 0.4) is 0 Å². The molecule has 0 aromatic heterocycles. The molecule has 6 nitrogen and oxygen atoms in total. The minimum atomic E-state index is -0.869. The van der Waals surface area contributed by atoms with Gasteiger partial charge in [-0.25, -0.2) is 0 Å². The van der Waals surface area contributed by atoms with E-state index in [0.29, 0.717) is 37.3 Å². The second-order valence-corrected chi connectivity index (χ2v) is 7.29. The number of aliphatic carboxylic acids is 1. The molecule has 1 N–H and O–H groups in total. The first-order valence-corrected chi connectivity index (χ1v) is 9.75. The van der Waals surface area contributed by atoms with Crippen LogP contribution in [0.4, 0.5) is 0 Å². The van der Waals surface area contributed by atoms with Crippen LogP contribution in [0, 0.1) is 5.92 Å². The molecule has 1 aliphatic rings. The van der Waals surface area contributed by atoms with Gasteiger partial charge in [-0.05, 0) is 43.2 Å². The van der Waals surface area contributed by atoms with Crippen LogP contribution >= 0.6 is 0 Å². The average Bonchev–Trinajstić information content (AvgIpc) is 3.18. The van der Waals surface area contributed by atoms with Crippen LogP contribution in [-0.4, -0.2) is 47.4 Å². The zero-order chi connectivity index (χ0) is 20.8. The molecular weight excluding hydrogens is 370 g/mol. The first-order valence-electron chi connectivity index (χ1n) is 9.75. The van der Waals surface area contributed by atoms with E-state index < -0.39 is 11.9 Å². The van der Waals surface area contributed by atoms with Crippen LogP contribution in [-0.2, 0) is 9.59 Å². The maximum Gasteiger partial charge on any atom is 0.308 e. The number of ketones is 1. The predicted molar refractivity (Wildman–Crippen MR) is 108 cm³/mol. The molecule has 2 aromatic carbocycles. The van der Waals surface area contributed by atoms with E-state index in [1.165, 1.54) is 6.92 Å². The van der Waals surface area contributed by atoms with E-state index >= 15 is 0 Å². The van der Waals surface area contributed by atoms with Crippen molar-refractivity contribution in [2.45, 2.75) is 25.7 Å². The average molecular weight is 395 g/mol. The van der Waals surface area contributed by atoms with E-state index in [2.05, 4.69) is 0 Å². The molecule has 2 aromatic rings. The number of benzene rings is 2. The van der Waals surface area contributed by atoms with Gasteiger partial charge in [-0.1, -0.05) is 30.3 Å². The van der Waals surface area contributed by atoms with E-state index in [0.717, 1.165) is 5.56 Å². The van der Waals surface area contributed by atoms with E-state index in [-0.39, 0.29) is 24.2 Å². The Morgan fingerprint density at radius 3 is 2.34 bits per heavy atom. The molecule has 1 fully saturated rings. The highest BCUT2D eigenvalue weighted by Gasteiger charge is 2.40. The Balaban J connectivity index is 1.49. The second-order valence-electron chi connectivity index (χ2n) is 7.29. The highest BCUT2D eigenvalue weighted by atomic mass is 16.5. The normalized spacial score (nSPS) is 18.4. The minimum Gasteiger partial charge on any atom is -0.494 e. The van der Waals surface area contributed by atoms with Crippen molar-refractivity contribution in [2.24, 2.45) is 5.92 Å². The lowest BCUT2D eigenvalue weighted by atomic mass is 9.89. The summed E-state index contributed by atoms with van der Waals surface area (Å²) in [5.74, 6) is -1.04. The third-order valence-corrected chi connectivity index (χ3v) is 5.28. The number of rotatable bonds is 8. The molecule has 0 bridgehead atoms. The maximum atomic E-state index is 12.6. The molecular formula is C23H25NO5. The highest BCUT2D eigenvalue weighted by molar-refractivity contribution is 5.94. The van der Waals surface area contributed by atoms with Gasteiger partial charge in [-0.2, -0.15) is 0 Å². The highest BCUT2D eigenvalue weighted by Crippen LogP contribution is 2.33. The molecule has 0 aliphatic carbocycles.